The molecule has 1 aliphatic heterocycles. The van der Waals surface area contributed by atoms with Gasteiger partial charge in [-0.25, -0.2) is 0 Å². The van der Waals surface area contributed by atoms with Crippen LogP contribution < -0.4 is 5.32 Å². The van der Waals surface area contributed by atoms with Crippen LogP contribution in [0.15, 0.2) is 12.3 Å². The van der Waals surface area contributed by atoms with Crippen LogP contribution in [0.2, 0.25) is 0 Å². The van der Waals surface area contributed by atoms with Crippen LogP contribution in [0.1, 0.15) is 0 Å². The van der Waals surface area contributed by atoms with Crippen molar-refractivity contribution in [2.24, 2.45) is 0 Å². The lowest BCUT2D eigenvalue weighted by atomic mass is 10.4. The molecule has 0 aromatic heterocycles. The smallest absolute Gasteiger partial charge is 0.330 e. The van der Waals surface area contributed by atoms with Crippen molar-refractivity contribution in [1.29, 1.82) is 0 Å². The van der Waals surface area contributed by atoms with E-state index >= 15 is 0 Å². The lowest BCUT2D eigenvalue weighted by Crippen LogP contribution is -2.37. The third kappa shape index (κ3) is 0.358. The molecule has 0 fully saturated rings. The molecule has 0 saturated carbocycles. The van der Waals surface area contributed by atoms with E-state index in [2.05, 4.69) is 0 Å². The number of alkyl halides is 2. The summed E-state index contributed by atoms with van der Waals surface area (Å²) in [5.74, 6) is 0. The lowest BCUT2D eigenvalue weighted by molar-refractivity contribution is 0.0114. The zero-order valence-electron chi connectivity index (χ0n) is 2.91. The van der Waals surface area contributed by atoms with E-state index in [1.165, 1.54) is 6.20 Å². The van der Waals surface area contributed by atoms with Gasteiger partial charge < -0.3 is 5.32 Å². The molecule has 1 N–H and O–H groups in total. The highest BCUT2D eigenvalue weighted by molar-refractivity contribution is 5.04. The summed E-state index contributed by atoms with van der Waals surface area (Å²) in [7, 11) is 0. The molecule has 0 aromatic rings. The van der Waals surface area contributed by atoms with Gasteiger partial charge in [0, 0.05) is 12.3 Å². The Labute approximate surface area is 33.7 Å². The number of nitrogens with one attached hydrogen (secondary N) is 1. The first-order valence-corrected chi connectivity index (χ1v) is 1.54. The highest BCUT2D eigenvalue weighted by Gasteiger charge is 2.28. The second-order valence-corrected chi connectivity index (χ2v) is 1.10. The van der Waals surface area contributed by atoms with Crippen LogP contribution in [0.3, 0.4) is 0 Å². The van der Waals surface area contributed by atoms with Gasteiger partial charge in [-0.15, -0.1) is 0 Å². The average molecular weight is 91.1 g/mol. The summed E-state index contributed by atoms with van der Waals surface area (Å²) < 4.78 is 22.7. The molecule has 0 saturated heterocycles. The molecule has 1 rings (SSSR count). The molecule has 3 heteroatoms. The van der Waals surface area contributed by atoms with E-state index in [0.717, 1.165) is 6.08 Å². The molecule has 0 spiro atoms. The van der Waals surface area contributed by atoms with Crippen LogP contribution >= 0.6 is 0 Å². The molecule has 0 radical (unpaired) electrons. The maximum Gasteiger partial charge on any atom is 0.344 e. The van der Waals surface area contributed by atoms with Crippen molar-refractivity contribution >= 4 is 0 Å². The van der Waals surface area contributed by atoms with Gasteiger partial charge in [0.05, 0.1) is 0 Å². The third-order valence-corrected chi connectivity index (χ3v) is 0.568. The van der Waals surface area contributed by atoms with E-state index in [1.54, 1.807) is 5.32 Å². The zero-order valence-corrected chi connectivity index (χ0v) is 2.91. The Bertz CT molecular complexity index is 86.8. The van der Waals surface area contributed by atoms with Crippen molar-refractivity contribution in [2.45, 2.75) is 6.05 Å². The summed E-state index contributed by atoms with van der Waals surface area (Å²) in [5, 5.41) is 1.77. The first-order chi connectivity index (χ1) is 2.71. The van der Waals surface area contributed by atoms with Gasteiger partial charge in [0.2, 0.25) is 0 Å². The Kier molecular flexibility index (Phi) is 0.431. The van der Waals surface area contributed by atoms with Crippen molar-refractivity contribution in [2.75, 3.05) is 0 Å². The molecule has 34 valence electrons. The van der Waals surface area contributed by atoms with Gasteiger partial charge in [-0.2, -0.15) is 8.78 Å². The molecule has 1 aliphatic rings. The molecule has 1 heterocycles. The predicted molar refractivity (Wildman–Crippen MR) is 17.2 cm³/mol. The summed E-state index contributed by atoms with van der Waals surface area (Å²) in [5.41, 5.74) is 0. The van der Waals surface area contributed by atoms with Crippen molar-refractivity contribution < 1.29 is 8.78 Å². The van der Waals surface area contributed by atoms with Gasteiger partial charge in [-0.1, -0.05) is 0 Å². The van der Waals surface area contributed by atoms with Gasteiger partial charge in [0.15, 0.2) is 0 Å². The minimum absolute atomic E-state index is 0.799. The minimum atomic E-state index is -2.71. The van der Waals surface area contributed by atoms with Crippen LogP contribution in [0.25, 0.3) is 0 Å². The molecule has 0 aromatic carbocycles. The molecule has 0 atom stereocenters. The van der Waals surface area contributed by atoms with E-state index in [0.29, 0.717) is 0 Å². The Balaban J connectivity index is 2.57. The van der Waals surface area contributed by atoms with Crippen molar-refractivity contribution in [3.8, 4) is 0 Å². The van der Waals surface area contributed by atoms with Crippen LogP contribution in [0.4, 0.5) is 8.78 Å². The quantitative estimate of drug-likeness (QED) is 0.432. The fraction of sp³-hybridized carbons (Fsp3) is 0.333. The second kappa shape index (κ2) is 0.721. The SMILES string of the molecule is FC1(F)C=CN1. The van der Waals surface area contributed by atoms with Gasteiger partial charge in [0.1, 0.15) is 0 Å². The Morgan fingerprint density at radius 3 is 1.83 bits per heavy atom. The molecule has 0 unspecified atom stereocenters. The predicted octanol–water partition coefficient (Wildman–Crippen LogP) is 0.696. The topological polar surface area (TPSA) is 12.0 Å². The molecular formula is C3H3F2N. The Morgan fingerprint density at radius 1 is 1.50 bits per heavy atom. The Morgan fingerprint density at radius 2 is 1.83 bits per heavy atom. The van der Waals surface area contributed by atoms with E-state index < -0.39 is 6.05 Å². The van der Waals surface area contributed by atoms with Crippen molar-refractivity contribution in [3.05, 3.63) is 12.3 Å². The number of hydrogen-bond acceptors (Lipinski definition) is 1. The van der Waals surface area contributed by atoms with Crippen LogP contribution in [-0.4, -0.2) is 6.05 Å². The first kappa shape index (κ1) is 3.59. The van der Waals surface area contributed by atoms with Gasteiger partial charge >= 0.3 is 6.05 Å². The Hall–Kier alpha value is -0.600. The number of halogens is 2. The van der Waals surface area contributed by atoms with Crippen LogP contribution in [0, 0.1) is 0 Å². The first-order valence-electron chi connectivity index (χ1n) is 1.54. The maximum atomic E-state index is 11.3. The molecule has 0 bridgehead atoms. The summed E-state index contributed by atoms with van der Waals surface area (Å²) in [6.45, 7) is 0. The minimum Gasteiger partial charge on any atom is -0.330 e. The standard InChI is InChI=1S/C3H3F2N/c4-3(5)1-2-6-3/h1-2,6H. The van der Waals surface area contributed by atoms with E-state index in [1.807, 2.05) is 0 Å². The highest BCUT2D eigenvalue weighted by atomic mass is 19.3. The summed E-state index contributed by atoms with van der Waals surface area (Å²) in [6, 6.07) is -2.71. The monoisotopic (exact) mass is 91.0 g/mol. The summed E-state index contributed by atoms with van der Waals surface area (Å²) >= 11 is 0. The van der Waals surface area contributed by atoms with Gasteiger partial charge in [-0.05, 0) is 0 Å². The molecule has 1 nitrogen and oxygen atoms in total. The number of hydrogen-bond donors (Lipinski definition) is 1. The molecule has 6 heavy (non-hydrogen) atoms. The molecular weight excluding hydrogens is 88.0 g/mol. The maximum absolute atomic E-state index is 11.3. The van der Waals surface area contributed by atoms with Crippen LogP contribution in [0.5, 0.6) is 0 Å². The average Bonchev–Trinajstić information content (AvgIpc) is 1.32. The normalized spacial score (nSPS) is 25.0. The van der Waals surface area contributed by atoms with E-state index in [4.69, 9.17) is 0 Å². The highest BCUT2D eigenvalue weighted by Crippen LogP contribution is 2.16. The van der Waals surface area contributed by atoms with Crippen molar-refractivity contribution in [1.82, 2.24) is 5.32 Å². The summed E-state index contributed by atoms with van der Waals surface area (Å²) in [4.78, 5) is 0. The fourth-order valence-corrected chi connectivity index (χ4v) is 0.209. The summed E-state index contributed by atoms with van der Waals surface area (Å²) in [6.07, 6.45) is 2.01. The largest absolute Gasteiger partial charge is 0.344 e. The zero-order chi connectivity index (χ0) is 4.62. The van der Waals surface area contributed by atoms with Gasteiger partial charge in [-0.3, -0.25) is 0 Å². The second-order valence-electron chi connectivity index (χ2n) is 1.10. The van der Waals surface area contributed by atoms with E-state index in [9.17, 15) is 8.78 Å². The third-order valence-electron chi connectivity index (χ3n) is 0.568. The molecule has 0 aliphatic carbocycles. The molecule has 0 amide bonds. The lowest BCUT2D eigenvalue weighted by Gasteiger charge is -2.18. The number of rotatable bonds is 0. The van der Waals surface area contributed by atoms with Crippen LogP contribution in [-0.2, 0) is 0 Å². The van der Waals surface area contributed by atoms with E-state index in [-0.39, 0.29) is 0 Å². The fourth-order valence-electron chi connectivity index (χ4n) is 0.209. The van der Waals surface area contributed by atoms with Gasteiger partial charge in [0.25, 0.3) is 0 Å². The van der Waals surface area contributed by atoms with Crippen molar-refractivity contribution in [3.63, 3.8) is 0 Å².